The largest absolute Gasteiger partial charge is 0.490 e. The van der Waals surface area contributed by atoms with Gasteiger partial charge in [0.25, 0.3) is 0 Å². The van der Waals surface area contributed by atoms with Crippen molar-refractivity contribution in [2.45, 2.75) is 49.5 Å². The van der Waals surface area contributed by atoms with Gasteiger partial charge in [0, 0.05) is 24.5 Å². The minimum absolute atomic E-state index is 0.256. The molecule has 1 aliphatic heterocycles. The fraction of sp³-hybridized carbons (Fsp3) is 0.417. The number of benzene rings is 1. The quantitative estimate of drug-likeness (QED) is 0.322. The van der Waals surface area contributed by atoms with Crippen LogP contribution in [0.15, 0.2) is 39.1 Å². The predicted molar refractivity (Wildman–Crippen MR) is 138 cm³/mol. The third-order valence-corrected chi connectivity index (χ3v) is 6.94. The first-order valence-electron chi connectivity index (χ1n) is 11.8. The molecule has 36 heavy (non-hydrogen) atoms. The molecule has 4 aromatic rings. The standard InChI is InChI=1S/C24H30N8O3S/c1-13(2)26-10-15(33)11-32-22-20(21(25)28-12-29-22)30-24(32)36-19-8-18-17(31(4)5-6-34-18)7-16(19)23-27-9-14(3)35-23/h7-9,12-13,15,26,33H,5-6,10-11H2,1-4H3,(H2,25,28,29). The molecule has 0 aliphatic carbocycles. The van der Waals surface area contributed by atoms with Crippen LogP contribution in [0.5, 0.6) is 5.75 Å². The topological polar surface area (TPSA) is 140 Å². The lowest BCUT2D eigenvalue weighted by Gasteiger charge is -2.28. The Kier molecular flexibility index (Phi) is 6.73. The first-order valence-corrected chi connectivity index (χ1v) is 12.6. The van der Waals surface area contributed by atoms with E-state index in [1.54, 1.807) is 6.20 Å². The maximum Gasteiger partial charge on any atom is 0.227 e. The molecule has 12 heteroatoms. The van der Waals surface area contributed by atoms with Crippen molar-refractivity contribution in [3.8, 4) is 17.2 Å². The molecule has 190 valence electrons. The molecule has 5 rings (SSSR count). The second-order valence-electron chi connectivity index (χ2n) is 9.12. The molecule has 0 fully saturated rings. The molecule has 0 spiro atoms. The Morgan fingerprint density at radius 1 is 1.25 bits per heavy atom. The number of aromatic nitrogens is 5. The highest BCUT2D eigenvalue weighted by Gasteiger charge is 2.24. The molecule has 11 nitrogen and oxygen atoms in total. The number of fused-ring (bicyclic) bond motifs is 2. The zero-order valence-corrected chi connectivity index (χ0v) is 21.5. The number of nitrogens with two attached hydrogens (primary N) is 1. The number of hydrogen-bond donors (Lipinski definition) is 3. The van der Waals surface area contributed by atoms with E-state index in [4.69, 9.17) is 19.9 Å². The van der Waals surface area contributed by atoms with Crippen molar-refractivity contribution in [2.75, 3.05) is 37.4 Å². The summed E-state index contributed by atoms with van der Waals surface area (Å²) in [6.07, 6.45) is 2.45. The number of nitrogen functional groups attached to an aromatic ring is 1. The van der Waals surface area contributed by atoms with Gasteiger partial charge < -0.3 is 34.8 Å². The molecule has 0 bridgehead atoms. The minimum Gasteiger partial charge on any atom is -0.490 e. The number of ether oxygens (including phenoxy) is 1. The molecular weight excluding hydrogens is 480 g/mol. The van der Waals surface area contributed by atoms with Crippen LogP contribution in [0, 0.1) is 6.92 Å². The molecule has 1 atom stereocenters. The monoisotopic (exact) mass is 510 g/mol. The van der Waals surface area contributed by atoms with Crippen LogP contribution in [-0.2, 0) is 6.54 Å². The highest BCUT2D eigenvalue weighted by Crippen LogP contribution is 2.44. The summed E-state index contributed by atoms with van der Waals surface area (Å²) in [5.41, 5.74) is 8.98. The lowest BCUT2D eigenvalue weighted by atomic mass is 10.1. The smallest absolute Gasteiger partial charge is 0.227 e. The maximum atomic E-state index is 10.8. The molecule has 1 aromatic carbocycles. The van der Waals surface area contributed by atoms with Gasteiger partial charge in [-0.15, -0.1) is 0 Å². The molecule has 0 radical (unpaired) electrons. The first kappa shape index (κ1) is 24.3. The molecule has 3 aromatic heterocycles. The van der Waals surface area contributed by atoms with Crippen molar-refractivity contribution < 1.29 is 14.3 Å². The number of aliphatic hydroxyl groups is 1. The van der Waals surface area contributed by atoms with E-state index in [2.05, 4.69) is 25.2 Å². The zero-order valence-electron chi connectivity index (χ0n) is 20.7. The molecule has 0 saturated heterocycles. The van der Waals surface area contributed by atoms with E-state index in [-0.39, 0.29) is 18.4 Å². The van der Waals surface area contributed by atoms with Crippen molar-refractivity contribution in [1.82, 2.24) is 29.8 Å². The molecule has 1 aliphatic rings. The van der Waals surface area contributed by atoms with E-state index in [1.807, 2.05) is 44.5 Å². The SMILES string of the molecule is Cc1cnc(-c2cc3c(cc2Sc2nc4c(N)ncnc4n2CC(O)CNC(C)C)OCCN3C)o1. The van der Waals surface area contributed by atoms with Crippen LogP contribution in [0.1, 0.15) is 19.6 Å². The molecule has 4 heterocycles. The van der Waals surface area contributed by atoms with E-state index in [1.165, 1.54) is 18.1 Å². The van der Waals surface area contributed by atoms with E-state index >= 15 is 0 Å². The van der Waals surface area contributed by atoms with Gasteiger partial charge in [0.1, 0.15) is 24.4 Å². The summed E-state index contributed by atoms with van der Waals surface area (Å²) in [7, 11) is 2.03. The normalized spacial score (nSPS) is 14.3. The Labute approximate surface area is 213 Å². The number of aliphatic hydroxyl groups excluding tert-OH is 1. The number of hydrogen-bond acceptors (Lipinski definition) is 11. The minimum atomic E-state index is -0.658. The second-order valence-corrected chi connectivity index (χ2v) is 10.1. The fourth-order valence-electron chi connectivity index (χ4n) is 4.03. The summed E-state index contributed by atoms with van der Waals surface area (Å²) in [5, 5.41) is 14.7. The van der Waals surface area contributed by atoms with Crippen molar-refractivity contribution in [3.05, 3.63) is 30.4 Å². The van der Waals surface area contributed by atoms with E-state index < -0.39 is 6.10 Å². The lowest BCUT2D eigenvalue weighted by molar-refractivity contribution is 0.147. The molecular formula is C24H30N8O3S. The summed E-state index contributed by atoms with van der Waals surface area (Å²) < 4.78 is 13.7. The van der Waals surface area contributed by atoms with Gasteiger partial charge in [0.2, 0.25) is 5.89 Å². The summed E-state index contributed by atoms with van der Waals surface area (Å²) in [6, 6.07) is 4.27. The van der Waals surface area contributed by atoms with Crippen molar-refractivity contribution in [3.63, 3.8) is 0 Å². The maximum absolute atomic E-state index is 10.8. The van der Waals surface area contributed by atoms with E-state index in [0.29, 0.717) is 35.4 Å². The van der Waals surface area contributed by atoms with Crippen LogP contribution in [0.3, 0.4) is 0 Å². The third kappa shape index (κ3) is 4.84. The van der Waals surface area contributed by atoms with Crippen LogP contribution in [0.2, 0.25) is 0 Å². The van der Waals surface area contributed by atoms with Gasteiger partial charge in [-0.1, -0.05) is 25.6 Å². The lowest BCUT2D eigenvalue weighted by Crippen LogP contribution is -2.34. The molecule has 0 saturated carbocycles. The van der Waals surface area contributed by atoms with Gasteiger partial charge in [-0.25, -0.2) is 19.9 Å². The highest BCUT2D eigenvalue weighted by molar-refractivity contribution is 7.99. The van der Waals surface area contributed by atoms with Gasteiger partial charge in [-0.05, 0) is 19.1 Å². The van der Waals surface area contributed by atoms with E-state index in [9.17, 15) is 5.11 Å². The summed E-state index contributed by atoms with van der Waals surface area (Å²) >= 11 is 1.42. The number of anilines is 2. The average Bonchev–Trinajstić information content (AvgIpc) is 3.42. The number of likely N-dealkylation sites (N-methyl/N-ethyl adjacent to an activating group) is 1. The number of nitrogens with one attached hydrogen (secondary N) is 1. The van der Waals surface area contributed by atoms with E-state index in [0.717, 1.165) is 34.2 Å². The Morgan fingerprint density at radius 3 is 2.83 bits per heavy atom. The van der Waals surface area contributed by atoms with Gasteiger partial charge in [0.05, 0.1) is 36.6 Å². The van der Waals surface area contributed by atoms with Crippen LogP contribution in [0.25, 0.3) is 22.6 Å². The zero-order chi connectivity index (χ0) is 25.4. The van der Waals surface area contributed by atoms with Crippen LogP contribution in [-0.4, -0.2) is 68.5 Å². The Hall–Kier alpha value is -3.35. The van der Waals surface area contributed by atoms with Crippen molar-refractivity contribution >= 4 is 34.4 Å². The Bertz CT molecular complexity index is 1390. The number of rotatable bonds is 8. The number of imidazole rings is 1. The van der Waals surface area contributed by atoms with Crippen molar-refractivity contribution in [2.24, 2.45) is 0 Å². The van der Waals surface area contributed by atoms with Gasteiger partial charge in [0.15, 0.2) is 22.1 Å². The van der Waals surface area contributed by atoms with Crippen LogP contribution in [0.4, 0.5) is 11.5 Å². The Balaban J connectivity index is 1.59. The van der Waals surface area contributed by atoms with Crippen molar-refractivity contribution in [1.29, 1.82) is 0 Å². The molecule has 4 N–H and O–H groups in total. The van der Waals surface area contributed by atoms with Crippen LogP contribution < -0.4 is 20.7 Å². The summed E-state index contributed by atoms with van der Waals surface area (Å²) in [6.45, 7) is 8.05. The van der Waals surface area contributed by atoms with Crippen LogP contribution >= 0.6 is 11.8 Å². The molecule has 1 unspecified atom stereocenters. The second kappa shape index (κ2) is 9.96. The molecule has 0 amide bonds. The Morgan fingerprint density at radius 2 is 2.08 bits per heavy atom. The summed E-state index contributed by atoms with van der Waals surface area (Å²) in [4.78, 5) is 20.8. The predicted octanol–water partition coefficient (Wildman–Crippen LogP) is 2.71. The third-order valence-electron chi connectivity index (χ3n) is 5.89. The van der Waals surface area contributed by atoms with Gasteiger partial charge >= 0.3 is 0 Å². The number of nitrogens with zero attached hydrogens (tertiary/aromatic N) is 6. The first-order chi connectivity index (χ1) is 17.3. The van der Waals surface area contributed by atoms with Gasteiger partial charge in [-0.2, -0.15) is 0 Å². The van der Waals surface area contributed by atoms with Gasteiger partial charge in [-0.3, -0.25) is 0 Å². The number of oxazole rings is 1. The average molecular weight is 511 g/mol. The fourth-order valence-corrected chi connectivity index (χ4v) is 5.06. The highest BCUT2D eigenvalue weighted by atomic mass is 32.2. The summed E-state index contributed by atoms with van der Waals surface area (Å²) in [5.74, 6) is 2.30. The number of aryl methyl sites for hydroxylation is 1.